The largest absolute Gasteiger partial charge is 0.465 e. The minimum atomic E-state index is -3.34. The molecule has 2 aromatic carbocycles. The highest BCUT2D eigenvalue weighted by molar-refractivity contribution is 7.90. The number of hydrogen-bond acceptors (Lipinski definition) is 8. The number of aromatic nitrogens is 2. The van der Waals surface area contributed by atoms with Gasteiger partial charge in [0.15, 0.2) is 15.5 Å². The van der Waals surface area contributed by atoms with Crippen molar-refractivity contribution in [2.75, 3.05) is 20.5 Å². The van der Waals surface area contributed by atoms with Gasteiger partial charge in [0.25, 0.3) is 0 Å². The van der Waals surface area contributed by atoms with E-state index >= 15 is 0 Å². The fraction of sp³-hybridized carbons (Fsp3) is 0.125. The lowest BCUT2D eigenvalue weighted by atomic mass is 10.2. The Bertz CT molecular complexity index is 1500. The van der Waals surface area contributed by atoms with E-state index in [1.807, 2.05) is 18.2 Å². The van der Waals surface area contributed by atoms with Crippen molar-refractivity contribution in [3.05, 3.63) is 78.0 Å². The van der Waals surface area contributed by atoms with Gasteiger partial charge in [0.2, 0.25) is 0 Å². The summed E-state index contributed by atoms with van der Waals surface area (Å²) in [6.45, 7) is 0. The molecule has 0 unspecified atom stereocenters. The van der Waals surface area contributed by atoms with Gasteiger partial charge in [-0.05, 0) is 48.0 Å². The number of esters is 2. The maximum atomic E-state index is 12.2. The Kier molecular flexibility index (Phi) is 6.36. The number of carbonyl (C=O) groups is 2. The molecule has 34 heavy (non-hydrogen) atoms. The third-order valence-electron chi connectivity index (χ3n) is 5.02. The fourth-order valence-electron chi connectivity index (χ4n) is 3.35. The number of nitrogens with zero attached hydrogens (tertiary/aromatic N) is 2. The van der Waals surface area contributed by atoms with Gasteiger partial charge in [0.05, 0.1) is 40.9 Å². The number of benzene rings is 2. The summed E-state index contributed by atoms with van der Waals surface area (Å²) in [6.07, 6.45) is 1.17. The van der Waals surface area contributed by atoms with Crippen LogP contribution in [0.1, 0.15) is 20.8 Å². The Morgan fingerprint density at radius 2 is 1.59 bits per heavy atom. The summed E-state index contributed by atoms with van der Waals surface area (Å²) in [5, 5.41) is 4.40. The number of methoxy groups -OCH3 is 2. The number of sulfone groups is 1. The molecule has 2 aromatic heterocycles. The Morgan fingerprint density at radius 1 is 0.882 bits per heavy atom. The van der Waals surface area contributed by atoms with E-state index in [1.54, 1.807) is 53.2 Å². The molecule has 4 rings (SSSR count). The zero-order chi connectivity index (χ0) is 24.5. The second-order valence-corrected chi connectivity index (χ2v) is 10.4. The van der Waals surface area contributed by atoms with E-state index in [-0.39, 0.29) is 10.6 Å². The van der Waals surface area contributed by atoms with E-state index in [0.717, 1.165) is 15.3 Å². The minimum absolute atomic E-state index is 0.106. The second-order valence-electron chi connectivity index (χ2n) is 7.32. The van der Waals surface area contributed by atoms with Crippen LogP contribution in [0.4, 0.5) is 0 Å². The van der Waals surface area contributed by atoms with Crippen molar-refractivity contribution in [3.8, 4) is 26.7 Å². The van der Waals surface area contributed by atoms with E-state index in [1.165, 1.54) is 31.8 Å². The third-order valence-corrected chi connectivity index (χ3v) is 7.29. The lowest BCUT2D eigenvalue weighted by molar-refractivity contribution is 0.0587. The predicted octanol–water partition coefficient (Wildman–Crippen LogP) is 4.24. The standard InChI is InChI=1S/C24H20N2O6S2/c1-31-23(27)16-7-4-8-17(12-16)26-20(14-19(25-26)24(28)32-2)22-11-10-21(33-22)15-6-5-9-18(13-15)34(3,29)30/h4-14H,1-3H3. The molecule has 0 atom stereocenters. The monoisotopic (exact) mass is 496 g/mol. The van der Waals surface area contributed by atoms with Gasteiger partial charge in [0, 0.05) is 17.2 Å². The normalized spacial score (nSPS) is 11.3. The number of hydrogen-bond donors (Lipinski definition) is 0. The van der Waals surface area contributed by atoms with Crippen molar-refractivity contribution in [2.24, 2.45) is 0 Å². The molecule has 0 fully saturated rings. The molecule has 4 aromatic rings. The summed E-state index contributed by atoms with van der Waals surface area (Å²) in [4.78, 5) is 26.1. The smallest absolute Gasteiger partial charge is 0.358 e. The molecule has 0 bridgehead atoms. The summed E-state index contributed by atoms with van der Waals surface area (Å²) in [7, 11) is -0.767. The molecule has 0 saturated carbocycles. The van der Waals surface area contributed by atoms with Gasteiger partial charge >= 0.3 is 11.9 Å². The molecular weight excluding hydrogens is 476 g/mol. The van der Waals surface area contributed by atoms with Gasteiger partial charge in [-0.3, -0.25) is 0 Å². The van der Waals surface area contributed by atoms with E-state index in [0.29, 0.717) is 16.9 Å². The lowest BCUT2D eigenvalue weighted by Crippen LogP contribution is -2.06. The Balaban J connectivity index is 1.82. The van der Waals surface area contributed by atoms with Gasteiger partial charge in [-0.1, -0.05) is 18.2 Å². The first-order chi connectivity index (χ1) is 16.2. The minimum Gasteiger partial charge on any atom is -0.465 e. The Morgan fingerprint density at radius 3 is 2.29 bits per heavy atom. The van der Waals surface area contributed by atoms with Gasteiger partial charge in [-0.2, -0.15) is 5.10 Å². The SMILES string of the molecule is COC(=O)c1cccc(-n2nc(C(=O)OC)cc2-c2ccc(-c3cccc(S(C)(=O)=O)c3)s2)c1. The molecule has 0 amide bonds. The van der Waals surface area contributed by atoms with E-state index in [4.69, 9.17) is 9.47 Å². The summed E-state index contributed by atoms with van der Waals surface area (Å²) in [5.41, 5.74) is 2.37. The molecule has 10 heteroatoms. The first-order valence-electron chi connectivity index (χ1n) is 9.99. The molecule has 0 spiro atoms. The van der Waals surface area contributed by atoms with Crippen LogP contribution >= 0.6 is 11.3 Å². The van der Waals surface area contributed by atoms with E-state index < -0.39 is 21.8 Å². The van der Waals surface area contributed by atoms with Crippen LogP contribution in [0, 0.1) is 0 Å². The fourth-order valence-corrected chi connectivity index (χ4v) is 5.02. The van der Waals surface area contributed by atoms with Crippen LogP contribution in [0.2, 0.25) is 0 Å². The number of thiophene rings is 1. The van der Waals surface area contributed by atoms with Crippen molar-refractivity contribution in [1.29, 1.82) is 0 Å². The van der Waals surface area contributed by atoms with Crippen molar-refractivity contribution in [3.63, 3.8) is 0 Å². The zero-order valence-electron chi connectivity index (χ0n) is 18.5. The van der Waals surface area contributed by atoms with E-state index in [9.17, 15) is 18.0 Å². The highest BCUT2D eigenvalue weighted by atomic mass is 32.2. The highest BCUT2D eigenvalue weighted by Gasteiger charge is 2.20. The molecule has 0 saturated heterocycles. The van der Waals surface area contributed by atoms with Crippen molar-refractivity contribution < 1.29 is 27.5 Å². The first kappa shape index (κ1) is 23.4. The topological polar surface area (TPSA) is 105 Å². The van der Waals surface area contributed by atoms with Crippen molar-refractivity contribution in [2.45, 2.75) is 4.90 Å². The highest BCUT2D eigenvalue weighted by Crippen LogP contribution is 2.36. The van der Waals surface area contributed by atoms with Gasteiger partial charge in [-0.15, -0.1) is 11.3 Å². The molecule has 0 radical (unpaired) electrons. The maximum Gasteiger partial charge on any atom is 0.358 e. The molecule has 0 aliphatic rings. The van der Waals surface area contributed by atoms with Crippen LogP contribution < -0.4 is 0 Å². The predicted molar refractivity (Wildman–Crippen MR) is 128 cm³/mol. The maximum absolute atomic E-state index is 12.2. The summed E-state index contributed by atoms with van der Waals surface area (Å²) >= 11 is 1.42. The summed E-state index contributed by atoms with van der Waals surface area (Å²) in [6, 6.07) is 18.8. The lowest BCUT2D eigenvalue weighted by Gasteiger charge is -2.08. The summed E-state index contributed by atoms with van der Waals surface area (Å²) in [5.74, 6) is -1.09. The van der Waals surface area contributed by atoms with Crippen LogP contribution in [0.5, 0.6) is 0 Å². The summed E-state index contributed by atoms with van der Waals surface area (Å²) < 4.78 is 35.1. The number of ether oxygens (including phenoxy) is 2. The average Bonchev–Trinajstić information content (AvgIpc) is 3.50. The van der Waals surface area contributed by atoms with Crippen LogP contribution in [-0.2, 0) is 19.3 Å². The van der Waals surface area contributed by atoms with E-state index in [2.05, 4.69) is 5.10 Å². The molecule has 0 aliphatic carbocycles. The second kappa shape index (κ2) is 9.24. The molecule has 8 nitrogen and oxygen atoms in total. The third kappa shape index (κ3) is 4.63. The van der Waals surface area contributed by atoms with Crippen molar-refractivity contribution in [1.82, 2.24) is 9.78 Å². The molecular formula is C24H20N2O6S2. The average molecular weight is 497 g/mol. The van der Waals surface area contributed by atoms with Crippen molar-refractivity contribution >= 4 is 33.1 Å². The van der Waals surface area contributed by atoms with Crippen LogP contribution in [0.25, 0.3) is 26.7 Å². The van der Waals surface area contributed by atoms with Crippen LogP contribution in [0.15, 0.2) is 71.6 Å². The van der Waals surface area contributed by atoms with Gasteiger partial charge in [-0.25, -0.2) is 22.7 Å². The number of carbonyl (C=O) groups excluding carboxylic acids is 2. The quantitative estimate of drug-likeness (QED) is 0.368. The number of rotatable bonds is 6. The molecule has 174 valence electrons. The Hall–Kier alpha value is -3.76. The molecule has 0 aliphatic heterocycles. The zero-order valence-corrected chi connectivity index (χ0v) is 20.1. The Labute approximate surface area is 200 Å². The van der Waals surface area contributed by atoms with Gasteiger partial charge in [0.1, 0.15) is 0 Å². The van der Waals surface area contributed by atoms with Crippen LogP contribution in [0.3, 0.4) is 0 Å². The van der Waals surface area contributed by atoms with Crippen LogP contribution in [-0.4, -0.2) is 50.6 Å². The van der Waals surface area contributed by atoms with Gasteiger partial charge < -0.3 is 9.47 Å². The first-order valence-corrected chi connectivity index (χ1v) is 12.7. The molecule has 2 heterocycles. The molecule has 0 N–H and O–H groups in total.